The Morgan fingerprint density at radius 1 is 0.775 bits per heavy atom. The summed E-state index contributed by atoms with van der Waals surface area (Å²) in [5, 5.41) is 0. The maximum Gasteiger partial charge on any atom is 0.231 e. The summed E-state index contributed by atoms with van der Waals surface area (Å²) in [4.78, 5) is 15.7. The Balaban J connectivity index is 1.26. The highest BCUT2D eigenvalue weighted by molar-refractivity contribution is 5.88. The van der Waals surface area contributed by atoms with Crippen molar-refractivity contribution in [2.24, 2.45) is 5.92 Å². The van der Waals surface area contributed by atoms with Crippen LogP contribution >= 0.6 is 0 Å². The van der Waals surface area contributed by atoms with Crippen LogP contribution in [-0.2, 0) is 48.3 Å². The van der Waals surface area contributed by atoms with E-state index in [1.165, 1.54) is 0 Å². The zero-order valence-electron chi connectivity index (χ0n) is 23.1. The fourth-order valence-corrected chi connectivity index (χ4v) is 6.13. The van der Waals surface area contributed by atoms with Gasteiger partial charge in [0.25, 0.3) is 0 Å². The normalized spacial score (nSPS) is 28.9. The molecule has 7 heteroatoms. The molecule has 0 unspecified atom stereocenters. The van der Waals surface area contributed by atoms with E-state index < -0.39 is 5.79 Å². The number of fused-ring (bicyclic) bond motifs is 1. The van der Waals surface area contributed by atoms with Crippen molar-refractivity contribution in [3.63, 3.8) is 0 Å². The summed E-state index contributed by atoms with van der Waals surface area (Å²) >= 11 is 0. The van der Waals surface area contributed by atoms with Gasteiger partial charge in [-0.2, -0.15) is 0 Å². The van der Waals surface area contributed by atoms with Crippen molar-refractivity contribution in [1.82, 2.24) is 4.90 Å². The van der Waals surface area contributed by atoms with Crippen LogP contribution in [0, 0.1) is 5.92 Å². The van der Waals surface area contributed by atoms with Crippen molar-refractivity contribution in [3.05, 3.63) is 108 Å². The van der Waals surface area contributed by atoms with Crippen molar-refractivity contribution >= 4 is 5.91 Å². The molecule has 0 bridgehead atoms. The molecule has 0 saturated carbocycles. The van der Waals surface area contributed by atoms with Crippen LogP contribution in [0.1, 0.15) is 30.5 Å². The Morgan fingerprint density at radius 2 is 1.30 bits per heavy atom. The average molecular weight is 544 g/mol. The van der Waals surface area contributed by atoms with Crippen molar-refractivity contribution in [2.75, 3.05) is 13.2 Å². The van der Waals surface area contributed by atoms with E-state index in [-0.39, 0.29) is 42.2 Å². The zero-order valence-corrected chi connectivity index (χ0v) is 23.1. The zero-order chi connectivity index (χ0) is 27.5. The van der Waals surface area contributed by atoms with Crippen LogP contribution in [0.3, 0.4) is 0 Å². The Morgan fingerprint density at radius 3 is 1.82 bits per heavy atom. The third-order valence-corrected chi connectivity index (χ3v) is 8.03. The predicted octanol–water partition coefficient (Wildman–Crippen LogP) is 4.73. The van der Waals surface area contributed by atoms with Crippen molar-refractivity contribution in [3.8, 4) is 0 Å². The predicted molar refractivity (Wildman–Crippen MR) is 149 cm³/mol. The molecule has 3 heterocycles. The van der Waals surface area contributed by atoms with E-state index >= 15 is 0 Å². The molecule has 210 valence electrons. The number of β-lactam (4-membered cyclic amide) rings is 1. The largest absolute Gasteiger partial charge is 0.375 e. The molecule has 0 aliphatic carbocycles. The van der Waals surface area contributed by atoms with E-state index in [2.05, 4.69) is 0 Å². The van der Waals surface area contributed by atoms with Gasteiger partial charge < -0.3 is 28.6 Å². The minimum absolute atomic E-state index is 0.0451. The molecule has 1 amide bonds. The molecule has 0 aromatic heterocycles. The van der Waals surface area contributed by atoms with Crippen LogP contribution in [0.5, 0.6) is 0 Å². The summed E-state index contributed by atoms with van der Waals surface area (Å²) in [5.41, 5.74) is 3.23. The highest BCUT2D eigenvalue weighted by atomic mass is 16.7. The van der Waals surface area contributed by atoms with Crippen molar-refractivity contribution < 1.29 is 28.5 Å². The highest BCUT2D eigenvalue weighted by Gasteiger charge is 2.67. The van der Waals surface area contributed by atoms with Gasteiger partial charge in [0.1, 0.15) is 12.2 Å². The molecule has 3 aliphatic rings. The van der Waals surface area contributed by atoms with E-state index in [0.29, 0.717) is 33.0 Å². The topological polar surface area (TPSA) is 66.5 Å². The van der Waals surface area contributed by atoms with Crippen LogP contribution in [0.25, 0.3) is 0 Å². The first-order valence-corrected chi connectivity index (χ1v) is 14.1. The number of hydrogen-bond acceptors (Lipinski definition) is 6. The quantitative estimate of drug-likeness (QED) is 0.326. The molecule has 3 aromatic rings. The van der Waals surface area contributed by atoms with Gasteiger partial charge in [0.2, 0.25) is 5.91 Å². The molecule has 3 fully saturated rings. The first-order valence-electron chi connectivity index (χ1n) is 14.1. The maximum absolute atomic E-state index is 13.7. The lowest BCUT2D eigenvalue weighted by Gasteiger charge is -2.48. The molecular weight excluding hydrogens is 506 g/mol. The average Bonchev–Trinajstić information content (AvgIpc) is 3.46. The second-order valence-corrected chi connectivity index (χ2v) is 11.2. The van der Waals surface area contributed by atoms with Crippen LogP contribution in [0.4, 0.5) is 0 Å². The molecule has 3 aromatic carbocycles. The fraction of sp³-hybridized carbons (Fsp3) is 0.424. The molecule has 7 nitrogen and oxygen atoms in total. The number of rotatable bonds is 11. The van der Waals surface area contributed by atoms with Gasteiger partial charge in [-0.1, -0.05) is 91.0 Å². The summed E-state index contributed by atoms with van der Waals surface area (Å²) in [7, 11) is 0. The van der Waals surface area contributed by atoms with Crippen LogP contribution < -0.4 is 0 Å². The highest BCUT2D eigenvalue weighted by Crippen LogP contribution is 2.47. The van der Waals surface area contributed by atoms with Gasteiger partial charge in [0.15, 0.2) is 5.79 Å². The number of nitrogens with zero attached hydrogens (tertiary/aromatic N) is 1. The number of hydrogen-bond donors (Lipinski definition) is 0. The molecule has 0 spiro atoms. The first-order chi connectivity index (χ1) is 19.5. The summed E-state index contributed by atoms with van der Waals surface area (Å²) in [6.45, 7) is 5.80. The molecule has 0 radical (unpaired) electrons. The van der Waals surface area contributed by atoms with Gasteiger partial charge in [0, 0.05) is 0 Å². The van der Waals surface area contributed by atoms with Crippen LogP contribution in [0.15, 0.2) is 91.0 Å². The Hall–Kier alpha value is -3.07. The first kappa shape index (κ1) is 27.1. The number of ether oxygens (including phenoxy) is 5. The summed E-state index contributed by atoms with van der Waals surface area (Å²) in [6, 6.07) is 29.8. The van der Waals surface area contributed by atoms with Gasteiger partial charge in [-0.25, -0.2) is 0 Å². The standard InChI is InChI=1S/C33H37NO6/c1-33(2)39-22-27(40-33)28-29-31(38-20-25-16-10-5-11-17-25)30(37-19-24-14-8-4-9-15-24)26(34(29)32(28)35)21-36-18-23-12-6-3-7-13-23/h3-17,26-31H,18-22H2,1-2H3/t26-,27-,28+,29-,30-,31-/m0/s1. The third kappa shape index (κ3) is 5.71. The molecule has 6 atom stereocenters. The van der Waals surface area contributed by atoms with Crippen molar-refractivity contribution in [1.29, 1.82) is 0 Å². The lowest BCUT2D eigenvalue weighted by Crippen LogP contribution is -2.67. The smallest absolute Gasteiger partial charge is 0.231 e. The number of amides is 1. The molecule has 6 rings (SSSR count). The molecule has 3 aliphatic heterocycles. The van der Waals surface area contributed by atoms with Crippen LogP contribution in [-0.4, -0.2) is 60.2 Å². The number of carbonyl (C=O) groups excluding carboxylic acids is 1. The van der Waals surface area contributed by atoms with E-state index in [4.69, 9.17) is 23.7 Å². The SMILES string of the molecule is CC1(C)OC[C@@H]([C@H]2C(=O)N3[C@@H]2[C@H](OCc2ccccc2)[C@@H](OCc2ccccc2)[C@@H]3COCc2ccccc2)O1. The Labute approximate surface area is 235 Å². The Kier molecular flexibility index (Phi) is 8.01. The van der Waals surface area contributed by atoms with Gasteiger partial charge >= 0.3 is 0 Å². The van der Waals surface area contributed by atoms with Gasteiger partial charge in [0.05, 0.1) is 57.1 Å². The summed E-state index contributed by atoms with van der Waals surface area (Å²) < 4.78 is 31.5. The fourth-order valence-electron chi connectivity index (χ4n) is 6.13. The number of benzene rings is 3. The van der Waals surface area contributed by atoms with Gasteiger partial charge in [-0.3, -0.25) is 4.79 Å². The molecule has 40 heavy (non-hydrogen) atoms. The molecule has 0 N–H and O–H groups in total. The summed E-state index contributed by atoms with van der Waals surface area (Å²) in [6.07, 6.45) is -1.04. The monoisotopic (exact) mass is 543 g/mol. The molecule has 3 saturated heterocycles. The summed E-state index contributed by atoms with van der Waals surface area (Å²) in [5.74, 6) is -1.03. The van der Waals surface area contributed by atoms with Crippen LogP contribution in [0.2, 0.25) is 0 Å². The third-order valence-electron chi connectivity index (χ3n) is 8.03. The van der Waals surface area contributed by atoms with Crippen molar-refractivity contribution in [2.45, 2.75) is 69.9 Å². The molecular formula is C33H37NO6. The maximum atomic E-state index is 13.7. The van der Waals surface area contributed by atoms with E-state index in [0.717, 1.165) is 16.7 Å². The minimum atomic E-state index is -0.716. The minimum Gasteiger partial charge on any atom is -0.375 e. The van der Waals surface area contributed by atoms with Gasteiger partial charge in [-0.15, -0.1) is 0 Å². The van der Waals surface area contributed by atoms with E-state index in [1.807, 2.05) is 110 Å². The lowest BCUT2D eigenvalue weighted by atomic mass is 9.82. The lowest BCUT2D eigenvalue weighted by molar-refractivity contribution is -0.185. The van der Waals surface area contributed by atoms with E-state index in [1.54, 1.807) is 0 Å². The number of carbonyl (C=O) groups is 1. The second kappa shape index (κ2) is 11.8. The second-order valence-electron chi connectivity index (χ2n) is 11.2. The Bertz CT molecular complexity index is 1250. The van der Waals surface area contributed by atoms with Gasteiger partial charge in [-0.05, 0) is 30.5 Å². The van der Waals surface area contributed by atoms with E-state index in [9.17, 15) is 4.79 Å².